The molecule has 4 heteroatoms. The topological polar surface area (TPSA) is 20.3 Å². The molecule has 0 saturated carbocycles. The van der Waals surface area contributed by atoms with E-state index in [9.17, 15) is 9.18 Å². The first kappa shape index (κ1) is 14.1. The molecule has 1 aliphatic rings. The summed E-state index contributed by atoms with van der Waals surface area (Å²) in [5.41, 5.74) is 3.10. The molecule has 0 aliphatic carbocycles. The highest BCUT2D eigenvalue weighted by atomic mass is 32.2. The number of hydrogen-bond donors (Lipinski definition) is 0. The number of benzene rings is 2. The Balaban J connectivity index is 1.93. The highest BCUT2D eigenvalue weighted by Crippen LogP contribution is 2.41. The average molecular weight is 301 g/mol. The van der Waals surface area contributed by atoms with E-state index in [0.717, 1.165) is 17.7 Å². The number of carbonyl (C=O) groups is 1. The van der Waals surface area contributed by atoms with Gasteiger partial charge in [0.05, 0.1) is 5.75 Å². The van der Waals surface area contributed by atoms with Gasteiger partial charge in [0.1, 0.15) is 11.2 Å². The lowest BCUT2D eigenvalue weighted by Gasteiger charge is -2.24. The Kier molecular flexibility index (Phi) is 3.97. The average Bonchev–Trinajstić information content (AvgIpc) is 2.90. The lowest BCUT2D eigenvalue weighted by molar-refractivity contribution is -0.115. The third-order valence-corrected chi connectivity index (χ3v) is 4.86. The number of nitrogens with zero attached hydrogens (tertiary/aromatic N) is 1. The van der Waals surface area contributed by atoms with Gasteiger partial charge in [-0.25, -0.2) is 4.39 Å². The van der Waals surface area contributed by atoms with Crippen molar-refractivity contribution in [3.8, 4) is 0 Å². The highest BCUT2D eigenvalue weighted by molar-refractivity contribution is 8.00. The minimum absolute atomic E-state index is 0.0782. The molecule has 1 heterocycles. The van der Waals surface area contributed by atoms with Gasteiger partial charge in [-0.1, -0.05) is 31.2 Å². The van der Waals surface area contributed by atoms with Crippen LogP contribution in [0, 0.1) is 5.82 Å². The molecule has 1 aliphatic heterocycles. The molecule has 2 aromatic rings. The van der Waals surface area contributed by atoms with E-state index >= 15 is 0 Å². The molecule has 21 heavy (non-hydrogen) atoms. The van der Waals surface area contributed by atoms with Crippen molar-refractivity contribution in [3.63, 3.8) is 0 Å². The number of carbonyl (C=O) groups excluding carboxylic acids is 1. The molecule has 2 nitrogen and oxygen atoms in total. The lowest BCUT2D eigenvalue weighted by Crippen LogP contribution is -2.27. The van der Waals surface area contributed by atoms with Crippen LogP contribution >= 0.6 is 11.8 Å². The van der Waals surface area contributed by atoms with E-state index in [1.165, 1.54) is 17.7 Å². The summed E-state index contributed by atoms with van der Waals surface area (Å²) >= 11 is 1.58. The summed E-state index contributed by atoms with van der Waals surface area (Å²) in [5, 5.41) is -0.0782. The van der Waals surface area contributed by atoms with Crippen LogP contribution in [0.2, 0.25) is 0 Å². The van der Waals surface area contributed by atoms with Gasteiger partial charge in [-0.15, -0.1) is 11.8 Å². The molecule has 1 fully saturated rings. The van der Waals surface area contributed by atoms with Crippen molar-refractivity contribution in [2.24, 2.45) is 0 Å². The van der Waals surface area contributed by atoms with E-state index in [0.29, 0.717) is 5.75 Å². The van der Waals surface area contributed by atoms with Gasteiger partial charge >= 0.3 is 0 Å². The number of hydrogen-bond acceptors (Lipinski definition) is 2. The molecule has 0 unspecified atom stereocenters. The van der Waals surface area contributed by atoms with Gasteiger partial charge in [0, 0.05) is 5.69 Å². The molecule has 0 bridgehead atoms. The van der Waals surface area contributed by atoms with Gasteiger partial charge in [-0.3, -0.25) is 9.69 Å². The fourth-order valence-corrected chi connectivity index (χ4v) is 3.65. The van der Waals surface area contributed by atoms with Crippen molar-refractivity contribution in [1.82, 2.24) is 0 Å². The lowest BCUT2D eigenvalue weighted by atomic mass is 10.1. The molecule has 3 rings (SSSR count). The van der Waals surface area contributed by atoms with Crippen molar-refractivity contribution in [3.05, 3.63) is 65.5 Å². The molecule has 1 atom stereocenters. The quantitative estimate of drug-likeness (QED) is 0.848. The first-order valence-corrected chi connectivity index (χ1v) is 8.02. The van der Waals surface area contributed by atoms with Crippen LogP contribution in [0.4, 0.5) is 10.1 Å². The SMILES string of the molecule is CCc1ccc(N2C(=O)CS[C@@H]2c2ccc(F)cc2)cc1. The van der Waals surface area contributed by atoms with Crippen LogP contribution in [0.25, 0.3) is 0 Å². The third kappa shape index (κ3) is 2.81. The van der Waals surface area contributed by atoms with Crippen molar-refractivity contribution in [1.29, 1.82) is 0 Å². The molecule has 0 aromatic heterocycles. The smallest absolute Gasteiger partial charge is 0.238 e. The Morgan fingerprint density at radius 1 is 1.14 bits per heavy atom. The number of halogens is 1. The van der Waals surface area contributed by atoms with Crippen molar-refractivity contribution >= 4 is 23.4 Å². The molecule has 0 radical (unpaired) electrons. The Hall–Kier alpha value is -1.81. The van der Waals surface area contributed by atoms with Crippen molar-refractivity contribution in [2.45, 2.75) is 18.7 Å². The number of rotatable bonds is 3. The number of anilines is 1. The van der Waals surface area contributed by atoms with Crippen molar-refractivity contribution < 1.29 is 9.18 Å². The van der Waals surface area contributed by atoms with Crippen molar-refractivity contribution in [2.75, 3.05) is 10.7 Å². The Morgan fingerprint density at radius 2 is 1.81 bits per heavy atom. The maximum Gasteiger partial charge on any atom is 0.238 e. The molecular formula is C17H16FNOS. The van der Waals surface area contributed by atoms with E-state index in [1.54, 1.807) is 28.8 Å². The standard InChI is InChI=1S/C17H16FNOS/c1-2-12-3-9-15(10-4-12)19-16(20)11-21-17(19)13-5-7-14(18)8-6-13/h3-10,17H,2,11H2,1H3/t17-/m1/s1. The predicted molar refractivity (Wildman–Crippen MR) is 84.9 cm³/mol. The molecule has 0 N–H and O–H groups in total. The largest absolute Gasteiger partial charge is 0.295 e. The van der Waals surface area contributed by atoms with E-state index in [4.69, 9.17) is 0 Å². The zero-order valence-electron chi connectivity index (χ0n) is 11.8. The van der Waals surface area contributed by atoms with E-state index < -0.39 is 0 Å². The molecule has 1 saturated heterocycles. The normalized spacial score (nSPS) is 18.3. The van der Waals surface area contributed by atoms with E-state index in [1.807, 2.05) is 24.3 Å². The van der Waals surface area contributed by atoms with Crippen LogP contribution in [-0.2, 0) is 11.2 Å². The van der Waals surface area contributed by atoms with Crippen LogP contribution in [0.1, 0.15) is 23.4 Å². The van der Waals surface area contributed by atoms with Crippen LogP contribution in [0.5, 0.6) is 0 Å². The monoisotopic (exact) mass is 301 g/mol. The predicted octanol–water partition coefficient (Wildman–Crippen LogP) is 4.17. The fraction of sp³-hybridized carbons (Fsp3) is 0.235. The maximum absolute atomic E-state index is 13.1. The van der Waals surface area contributed by atoms with Gasteiger partial charge in [0.25, 0.3) is 0 Å². The zero-order valence-corrected chi connectivity index (χ0v) is 12.6. The zero-order chi connectivity index (χ0) is 14.8. The number of thioether (sulfide) groups is 1. The first-order valence-electron chi connectivity index (χ1n) is 6.97. The molecule has 108 valence electrons. The molecule has 2 aromatic carbocycles. The third-order valence-electron chi connectivity index (χ3n) is 3.65. The second-order valence-electron chi connectivity index (χ2n) is 5.00. The van der Waals surface area contributed by atoms with Gasteiger partial charge in [0.15, 0.2) is 0 Å². The summed E-state index contributed by atoms with van der Waals surface area (Å²) in [7, 11) is 0. The molecular weight excluding hydrogens is 285 g/mol. The van der Waals surface area contributed by atoms with Gasteiger partial charge in [-0.05, 0) is 41.8 Å². The van der Waals surface area contributed by atoms with Crippen LogP contribution in [0.3, 0.4) is 0 Å². The van der Waals surface area contributed by atoms with Gasteiger partial charge in [-0.2, -0.15) is 0 Å². The Morgan fingerprint density at radius 3 is 2.43 bits per heavy atom. The van der Waals surface area contributed by atoms with E-state index in [2.05, 4.69) is 6.92 Å². The first-order chi connectivity index (χ1) is 10.2. The number of amides is 1. The summed E-state index contributed by atoms with van der Waals surface area (Å²) < 4.78 is 13.1. The summed E-state index contributed by atoms with van der Waals surface area (Å²) in [5.74, 6) is 0.294. The minimum atomic E-state index is -0.257. The van der Waals surface area contributed by atoms with Crippen LogP contribution < -0.4 is 4.90 Å². The molecule has 0 spiro atoms. The number of aryl methyl sites for hydroxylation is 1. The summed E-state index contributed by atoms with van der Waals surface area (Å²) in [6, 6.07) is 14.4. The summed E-state index contributed by atoms with van der Waals surface area (Å²) in [4.78, 5) is 14.0. The fourth-order valence-electron chi connectivity index (χ4n) is 2.47. The Labute approximate surface area is 128 Å². The van der Waals surface area contributed by atoms with Gasteiger partial charge < -0.3 is 0 Å². The second-order valence-corrected chi connectivity index (χ2v) is 6.07. The summed E-state index contributed by atoms with van der Waals surface area (Å²) in [6.45, 7) is 2.10. The maximum atomic E-state index is 13.1. The van der Waals surface area contributed by atoms with Crippen LogP contribution in [-0.4, -0.2) is 11.7 Å². The summed E-state index contributed by atoms with van der Waals surface area (Å²) in [6.07, 6.45) is 0.977. The Bertz CT molecular complexity index is 639. The highest BCUT2D eigenvalue weighted by Gasteiger charge is 2.33. The van der Waals surface area contributed by atoms with Crippen LogP contribution in [0.15, 0.2) is 48.5 Å². The second kappa shape index (κ2) is 5.90. The van der Waals surface area contributed by atoms with Gasteiger partial charge in [0.2, 0.25) is 5.91 Å². The molecule has 1 amide bonds. The van der Waals surface area contributed by atoms with E-state index in [-0.39, 0.29) is 17.1 Å². The minimum Gasteiger partial charge on any atom is -0.295 e.